The van der Waals surface area contributed by atoms with E-state index >= 15 is 0 Å². The summed E-state index contributed by atoms with van der Waals surface area (Å²) in [6.45, 7) is 3.85. The van der Waals surface area contributed by atoms with Crippen LogP contribution in [0.3, 0.4) is 0 Å². The lowest BCUT2D eigenvalue weighted by molar-refractivity contribution is -0.128. The summed E-state index contributed by atoms with van der Waals surface area (Å²) in [5.74, 6) is 0.197. The molecule has 94 valence electrons. The normalized spacial score (nSPS) is 10.3. The summed E-state index contributed by atoms with van der Waals surface area (Å²) in [6, 6.07) is 8.46. The van der Waals surface area contributed by atoms with Crippen LogP contribution in [0.5, 0.6) is 0 Å². The van der Waals surface area contributed by atoms with E-state index < -0.39 is 0 Å². The lowest BCUT2D eigenvalue weighted by atomic mass is 10.1. The molecular weight excluding hydrogens is 212 g/mol. The van der Waals surface area contributed by atoms with Crippen molar-refractivity contribution in [3.63, 3.8) is 0 Å². The summed E-state index contributed by atoms with van der Waals surface area (Å²) < 4.78 is 0. The van der Waals surface area contributed by atoms with Crippen molar-refractivity contribution in [3.8, 4) is 0 Å². The maximum absolute atomic E-state index is 11.3. The molecule has 1 aromatic carbocycles. The molecule has 0 atom stereocenters. The summed E-state index contributed by atoms with van der Waals surface area (Å²) >= 11 is 0. The van der Waals surface area contributed by atoms with Crippen LogP contribution in [0.25, 0.3) is 0 Å². The van der Waals surface area contributed by atoms with Crippen molar-refractivity contribution >= 4 is 5.91 Å². The largest absolute Gasteiger partial charge is 0.349 e. The molecule has 3 nitrogen and oxygen atoms in total. The molecule has 0 spiro atoms. The molecule has 0 bridgehead atoms. The standard InChI is InChI=1S/C14H22N2O/c1-12-6-4-7-13(10-12)11-15-9-5-8-14(17)16(2)3/h4,6-7,10,15H,5,8-9,11H2,1-3H3. The Bertz CT molecular complexity index is 361. The van der Waals surface area contributed by atoms with Crippen LogP contribution in [-0.4, -0.2) is 31.4 Å². The molecule has 0 heterocycles. The number of nitrogens with zero attached hydrogens (tertiary/aromatic N) is 1. The van der Waals surface area contributed by atoms with Gasteiger partial charge in [0.15, 0.2) is 0 Å². The van der Waals surface area contributed by atoms with Crippen LogP contribution in [0.2, 0.25) is 0 Å². The minimum atomic E-state index is 0.197. The van der Waals surface area contributed by atoms with Gasteiger partial charge in [0, 0.05) is 27.1 Å². The van der Waals surface area contributed by atoms with Gasteiger partial charge in [0.1, 0.15) is 0 Å². The van der Waals surface area contributed by atoms with E-state index in [0.29, 0.717) is 6.42 Å². The molecular formula is C14H22N2O. The van der Waals surface area contributed by atoms with Crippen molar-refractivity contribution in [1.82, 2.24) is 10.2 Å². The molecule has 0 aliphatic rings. The Kier molecular flexibility index (Phi) is 5.70. The van der Waals surface area contributed by atoms with Crippen LogP contribution < -0.4 is 5.32 Å². The smallest absolute Gasteiger partial charge is 0.222 e. The zero-order valence-corrected chi connectivity index (χ0v) is 11.0. The molecule has 0 aromatic heterocycles. The SMILES string of the molecule is Cc1cccc(CNCCCC(=O)N(C)C)c1. The third-order valence-corrected chi connectivity index (χ3v) is 2.65. The highest BCUT2D eigenvalue weighted by Crippen LogP contribution is 2.03. The molecule has 17 heavy (non-hydrogen) atoms. The topological polar surface area (TPSA) is 32.3 Å². The third-order valence-electron chi connectivity index (χ3n) is 2.65. The van der Waals surface area contributed by atoms with Crippen molar-refractivity contribution in [2.24, 2.45) is 0 Å². The van der Waals surface area contributed by atoms with Gasteiger partial charge in [0.25, 0.3) is 0 Å². The van der Waals surface area contributed by atoms with Gasteiger partial charge in [-0.1, -0.05) is 29.8 Å². The van der Waals surface area contributed by atoms with Gasteiger partial charge in [-0.2, -0.15) is 0 Å². The molecule has 0 saturated heterocycles. The van der Waals surface area contributed by atoms with Gasteiger partial charge in [-0.05, 0) is 25.5 Å². The fourth-order valence-electron chi connectivity index (χ4n) is 1.64. The predicted molar refractivity (Wildman–Crippen MR) is 70.8 cm³/mol. The van der Waals surface area contributed by atoms with E-state index in [4.69, 9.17) is 0 Å². The Morgan fingerprint density at radius 2 is 2.12 bits per heavy atom. The van der Waals surface area contributed by atoms with E-state index in [0.717, 1.165) is 19.5 Å². The number of rotatable bonds is 6. The second kappa shape index (κ2) is 7.07. The van der Waals surface area contributed by atoms with Crippen LogP contribution in [0.4, 0.5) is 0 Å². The molecule has 0 radical (unpaired) electrons. The first kappa shape index (κ1) is 13.7. The molecule has 3 heteroatoms. The molecule has 0 aliphatic carbocycles. The van der Waals surface area contributed by atoms with Crippen LogP contribution in [-0.2, 0) is 11.3 Å². The van der Waals surface area contributed by atoms with Crippen molar-refractivity contribution < 1.29 is 4.79 Å². The maximum Gasteiger partial charge on any atom is 0.222 e. The average Bonchev–Trinajstić information content (AvgIpc) is 2.28. The number of hydrogen-bond donors (Lipinski definition) is 1. The van der Waals surface area contributed by atoms with Gasteiger partial charge in [0.2, 0.25) is 5.91 Å². The monoisotopic (exact) mass is 234 g/mol. The van der Waals surface area contributed by atoms with E-state index in [1.165, 1.54) is 11.1 Å². The number of benzene rings is 1. The minimum Gasteiger partial charge on any atom is -0.349 e. The van der Waals surface area contributed by atoms with Crippen molar-refractivity contribution in [1.29, 1.82) is 0 Å². The summed E-state index contributed by atoms with van der Waals surface area (Å²) in [4.78, 5) is 13.0. The van der Waals surface area contributed by atoms with Gasteiger partial charge < -0.3 is 10.2 Å². The van der Waals surface area contributed by atoms with Gasteiger partial charge in [0.05, 0.1) is 0 Å². The molecule has 1 N–H and O–H groups in total. The molecule has 0 aliphatic heterocycles. The Morgan fingerprint density at radius 1 is 1.35 bits per heavy atom. The summed E-state index contributed by atoms with van der Waals surface area (Å²) in [5.41, 5.74) is 2.58. The first-order valence-corrected chi connectivity index (χ1v) is 6.06. The van der Waals surface area contributed by atoms with Crippen LogP contribution in [0.1, 0.15) is 24.0 Å². The average molecular weight is 234 g/mol. The number of carbonyl (C=O) groups is 1. The van der Waals surface area contributed by atoms with E-state index in [9.17, 15) is 4.79 Å². The van der Waals surface area contributed by atoms with Gasteiger partial charge in [-0.3, -0.25) is 4.79 Å². The fourth-order valence-corrected chi connectivity index (χ4v) is 1.64. The van der Waals surface area contributed by atoms with Crippen LogP contribution in [0, 0.1) is 6.92 Å². The first-order valence-electron chi connectivity index (χ1n) is 6.06. The quantitative estimate of drug-likeness (QED) is 0.763. The second-order valence-electron chi connectivity index (χ2n) is 4.56. The summed E-state index contributed by atoms with van der Waals surface area (Å²) in [7, 11) is 3.59. The molecule has 0 saturated carbocycles. The molecule has 0 unspecified atom stereocenters. The number of hydrogen-bond acceptors (Lipinski definition) is 2. The summed E-state index contributed by atoms with van der Waals surface area (Å²) in [6.07, 6.45) is 1.51. The van der Waals surface area contributed by atoms with Gasteiger partial charge >= 0.3 is 0 Å². The number of amides is 1. The highest BCUT2D eigenvalue weighted by molar-refractivity contribution is 5.75. The summed E-state index contributed by atoms with van der Waals surface area (Å²) in [5, 5.41) is 3.35. The van der Waals surface area contributed by atoms with E-state index in [1.807, 2.05) is 0 Å². The zero-order chi connectivity index (χ0) is 12.7. The van der Waals surface area contributed by atoms with Gasteiger partial charge in [-0.15, -0.1) is 0 Å². The van der Waals surface area contributed by atoms with E-state index in [2.05, 4.69) is 36.5 Å². The molecule has 0 fully saturated rings. The lowest BCUT2D eigenvalue weighted by Crippen LogP contribution is -2.23. The van der Waals surface area contributed by atoms with E-state index in [1.54, 1.807) is 19.0 Å². The molecule has 1 aromatic rings. The van der Waals surface area contributed by atoms with Gasteiger partial charge in [-0.25, -0.2) is 0 Å². The Hall–Kier alpha value is -1.35. The Balaban J connectivity index is 2.14. The van der Waals surface area contributed by atoms with Crippen LogP contribution in [0.15, 0.2) is 24.3 Å². The zero-order valence-electron chi connectivity index (χ0n) is 11.0. The number of aryl methyl sites for hydroxylation is 1. The van der Waals surface area contributed by atoms with Crippen molar-refractivity contribution in [2.75, 3.05) is 20.6 Å². The number of carbonyl (C=O) groups excluding carboxylic acids is 1. The first-order chi connectivity index (χ1) is 8.09. The lowest BCUT2D eigenvalue weighted by Gasteiger charge is -2.10. The van der Waals surface area contributed by atoms with Crippen molar-refractivity contribution in [2.45, 2.75) is 26.3 Å². The second-order valence-corrected chi connectivity index (χ2v) is 4.56. The Labute approximate surface area is 104 Å². The predicted octanol–water partition coefficient (Wildman–Crippen LogP) is 1.95. The highest BCUT2D eigenvalue weighted by Gasteiger charge is 2.02. The fraction of sp³-hybridized carbons (Fsp3) is 0.500. The van der Waals surface area contributed by atoms with E-state index in [-0.39, 0.29) is 5.91 Å². The molecule has 1 amide bonds. The van der Waals surface area contributed by atoms with Crippen LogP contribution >= 0.6 is 0 Å². The third kappa shape index (κ3) is 5.50. The highest BCUT2D eigenvalue weighted by atomic mass is 16.2. The minimum absolute atomic E-state index is 0.197. The Morgan fingerprint density at radius 3 is 2.76 bits per heavy atom. The maximum atomic E-state index is 11.3. The number of nitrogens with one attached hydrogen (secondary N) is 1. The van der Waals surface area contributed by atoms with Crippen molar-refractivity contribution in [3.05, 3.63) is 35.4 Å². The molecule has 1 rings (SSSR count).